The molecule has 1 aromatic carbocycles. The zero-order valence-corrected chi connectivity index (χ0v) is 13.6. The van der Waals surface area contributed by atoms with Crippen molar-refractivity contribution >= 4 is 23.2 Å². The van der Waals surface area contributed by atoms with E-state index in [0.717, 1.165) is 11.3 Å². The number of halogens is 1. The van der Waals surface area contributed by atoms with Gasteiger partial charge in [0.1, 0.15) is 6.07 Å². The molecule has 0 aliphatic carbocycles. The molecule has 2 saturated heterocycles. The Kier molecular flexibility index (Phi) is 3.89. The number of guanidine groups is 1. The third kappa shape index (κ3) is 2.23. The van der Waals surface area contributed by atoms with E-state index >= 15 is 0 Å². The van der Waals surface area contributed by atoms with Crippen LogP contribution in [0.3, 0.4) is 0 Å². The lowest BCUT2D eigenvalue weighted by Crippen LogP contribution is -2.39. The monoisotopic (exact) mass is 329 g/mol. The quantitative estimate of drug-likeness (QED) is 0.796. The van der Waals surface area contributed by atoms with E-state index in [-0.39, 0.29) is 12.1 Å². The summed E-state index contributed by atoms with van der Waals surface area (Å²) in [6.45, 7) is 4.50. The first kappa shape index (κ1) is 15.6. The first-order chi connectivity index (χ1) is 11.0. The number of hydrogen-bond donors (Lipinski definition) is 1. The molecule has 3 atom stereocenters. The zero-order valence-electron chi connectivity index (χ0n) is 12.9. The molecule has 0 saturated carbocycles. The molecule has 0 amide bonds. The van der Waals surface area contributed by atoms with Crippen molar-refractivity contribution in [1.82, 2.24) is 4.90 Å². The molecule has 2 heterocycles. The second kappa shape index (κ2) is 5.73. The van der Waals surface area contributed by atoms with Crippen LogP contribution in [0.5, 0.6) is 0 Å². The molecule has 2 aliphatic rings. The molecular formula is C16H16ClN5O. The molecule has 0 spiro atoms. The topological polar surface area (TPSA) is 86.7 Å². The highest BCUT2D eigenvalue weighted by Crippen LogP contribution is 2.38. The van der Waals surface area contributed by atoms with Gasteiger partial charge in [0.05, 0.1) is 28.8 Å². The normalized spacial score (nSPS) is 27.9. The van der Waals surface area contributed by atoms with E-state index in [9.17, 15) is 5.11 Å². The van der Waals surface area contributed by atoms with Crippen LogP contribution in [0, 0.1) is 29.7 Å². The van der Waals surface area contributed by atoms with Crippen LogP contribution in [0.25, 0.3) is 0 Å². The largest absolute Gasteiger partial charge is 0.391 e. The van der Waals surface area contributed by atoms with Gasteiger partial charge in [-0.05, 0) is 38.0 Å². The van der Waals surface area contributed by atoms with Gasteiger partial charge in [0.25, 0.3) is 0 Å². The van der Waals surface area contributed by atoms with Crippen LogP contribution in [0.15, 0.2) is 17.1 Å². The van der Waals surface area contributed by atoms with Crippen LogP contribution in [0.2, 0.25) is 5.02 Å². The lowest BCUT2D eigenvalue weighted by Gasteiger charge is -2.27. The second-order valence-corrected chi connectivity index (χ2v) is 6.22. The second-order valence-electron chi connectivity index (χ2n) is 5.85. The Hall–Kier alpha value is -2.28. The van der Waals surface area contributed by atoms with E-state index in [1.807, 2.05) is 35.9 Å². The first-order valence-corrected chi connectivity index (χ1v) is 7.79. The number of anilines is 1. The average molecular weight is 330 g/mol. The molecule has 1 N–H and O–H groups in total. The molecule has 0 radical (unpaired) electrons. The fourth-order valence-corrected chi connectivity index (χ4v) is 3.80. The van der Waals surface area contributed by atoms with Gasteiger partial charge in [-0.15, -0.1) is 4.99 Å². The molecule has 1 aromatic rings. The first-order valence-electron chi connectivity index (χ1n) is 7.41. The number of aliphatic imine (C=N–C) groups is 1. The van der Waals surface area contributed by atoms with Crippen molar-refractivity contribution in [2.45, 2.75) is 38.5 Å². The molecule has 0 bridgehead atoms. The smallest absolute Gasteiger partial charge is 0.217 e. The minimum absolute atomic E-state index is 0.0534. The van der Waals surface area contributed by atoms with E-state index in [4.69, 9.17) is 22.1 Å². The van der Waals surface area contributed by atoms with Gasteiger partial charge in [0, 0.05) is 12.2 Å². The van der Waals surface area contributed by atoms with Crippen LogP contribution in [0.1, 0.15) is 24.5 Å². The van der Waals surface area contributed by atoms with E-state index in [1.165, 1.54) is 0 Å². The Morgan fingerprint density at radius 2 is 2.13 bits per heavy atom. The minimum Gasteiger partial charge on any atom is -0.391 e. The summed E-state index contributed by atoms with van der Waals surface area (Å²) in [6, 6.07) is 5.40. The molecule has 118 valence electrons. The van der Waals surface area contributed by atoms with Crippen molar-refractivity contribution in [3.63, 3.8) is 0 Å². The number of aliphatic hydroxyl groups is 1. The maximum atomic E-state index is 10.3. The standard InChI is InChI=1S/C16H16ClN5O/c1-9-12(4-3-11(7-18)14(9)17)22-10(2)15-13(23)5-6-21(15)16(22)20-8-19/h3-4,10,13,15,23H,5-6H2,1-2H3/t10-,13-,15?/m0/s1. The number of rotatable bonds is 1. The number of fused-ring (bicyclic) bond motifs is 1. The third-order valence-corrected chi connectivity index (χ3v) is 5.17. The average Bonchev–Trinajstić information content (AvgIpc) is 3.03. The summed E-state index contributed by atoms with van der Waals surface area (Å²) in [5, 5.41) is 28.8. The van der Waals surface area contributed by atoms with Crippen molar-refractivity contribution in [2.24, 2.45) is 4.99 Å². The molecule has 6 nitrogen and oxygen atoms in total. The van der Waals surface area contributed by atoms with Crippen molar-refractivity contribution < 1.29 is 5.11 Å². The van der Waals surface area contributed by atoms with E-state index < -0.39 is 6.10 Å². The minimum atomic E-state index is -0.451. The summed E-state index contributed by atoms with van der Waals surface area (Å²) >= 11 is 6.28. The predicted molar refractivity (Wildman–Crippen MR) is 87.0 cm³/mol. The molecular weight excluding hydrogens is 314 g/mol. The van der Waals surface area contributed by atoms with Gasteiger partial charge >= 0.3 is 0 Å². The maximum Gasteiger partial charge on any atom is 0.217 e. The Labute approximate surface area is 139 Å². The Morgan fingerprint density at radius 3 is 2.78 bits per heavy atom. The van der Waals surface area contributed by atoms with E-state index in [1.54, 1.807) is 6.07 Å². The van der Waals surface area contributed by atoms with Gasteiger partial charge in [0.2, 0.25) is 12.2 Å². The fourth-order valence-electron chi connectivity index (χ4n) is 3.60. The highest BCUT2D eigenvalue weighted by atomic mass is 35.5. The van der Waals surface area contributed by atoms with Crippen molar-refractivity contribution in [3.8, 4) is 12.3 Å². The Morgan fingerprint density at radius 1 is 1.39 bits per heavy atom. The van der Waals surface area contributed by atoms with Crippen molar-refractivity contribution in [2.75, 3.05) is 11.4 Å². The molecule has 2 fully saturated rings. The third-order valence-electron chi connectivity index (χ3n) is 4.68. The number of nitriles is 2. The lowest BCUT2D eigenvalue weighted by atomic mass is 10.0. The summed E-state index contributed by atoms with van der Waals surface area (Å²) in [4.78, 5) is 7.88. The predicted octanol–water partition coefficient (Wildman–Crippen LogP) is 2.00. The highest BCUT2D eigenvalue weighted by Gasteiger charge is 2.49. The van der Waals surface area contributed by atoms with E-state index in [2.05, 4.69) is 11.1 Å². The maximum absolute atomic E-state index is 10.3. The summed E-state index contributed by atoms with van der Waals surface area (Å²) in [7, 11) is 0. The van der Waals surface area contributed by atoms with Gasteiger partial charge in [-0.2, -0.15) is 10.5 Å². The van der Waals surface area contributed by atoms with Gasteiger partial charge in [-0.1, -0.05) is 11.6 Å². The number of nitrogens with zero attached hydrogens (tertiary/aromatic N) is 5. The van der Waals surface area contributed by atoms with Gasteiger partial charge in [-0.25, -0.2) is 0 Å². The molecule has 2 aliphatic heterocycles. The summed E-state index contributed by atoms with van der Waals surface area (Å²) < 4.78 is 0. The van der Waals surface area contributed by atoms with Crippen LogP contribution >= 0.6 is 11.6 Å². The summed E-state index contributed by atoms with van der Waals surface area (Å²) in [5.74, 6) is 0.533. The Balaban J connectivity index is 2.12. The molecule has 3 rings (SSSR count). The number of hydrogen-bond acceptors (Lipinski definition) is 4. The zero-order chi connectivity index (χ0) is 16.7. The van der Waals surface area contributed by atoms with E-state index in [0.29, 0.717) is 29.5 Å². The molecule has 0 aromatic heterocycles. The number of benzene rings is 1. The Bertz CT molecular complexity index is 763. The van der Waals surface area contributed by atoms with Crippen molar-refractivity contribution in [3.05, 3.63) is 28.3 Å². The van der Waals surface area contributed by atoms with Crippen LogP contribution in [0.4, 0.5) is 5.69 Å². The summed E-state index contributed by atoms with van der Waals surface area (Å²) in [5.41, 5.74) is 1.98. The van der Waals surface area contributed by atoms with Crippen LogP contribution in [-0.2, 0) is 0 Å². The highest BCUT2D eigenvalue weighted by molar-refractivity contribution is 6.33. The van der Waals surface area contributed by atoms with Crippen molar-refractivity contribution in [1.29, 1.82) is 10.5 Å². The summed E-state index contributed by atoms with van der Waals surface area (Å²) in [6.07, 6.45) is 2.07. The van der Waals surface area contributed by atoms with Gasteiger partial charge in [-0.3, -0.25) is 0 Å². The SMILES string of the molecule is Cc1c(N2C(=NC#N)N3CC[C@H](O)C3[C@@H]2C)ccc(C#N)c1Cl. The van der Waals surface area contributed by atoms with Crippen LogP contribution < -0.4 is 4.90 Å². The fraction of sp³-hybridized carbons (Fsp3) is 0.438. The van der Waals surface area contributed by atoms with Crippen LogP contribution in [-0.4, -0.2) is 40.7 Å². The molecule has 23 heavy (non-hydrogen) atoms. The molecule has 7 heteroatoms. The van der Waals surface area contributed by atoms with Gasteiger partial charge < -0.3 is 14.9 Å². The molecule has 1 unspecified atom stereocenters. The lowest BCUT2D eigenvalue weighted by molar-refractivity contribution is 0.138. The number of aliphatic hydroxyl groups excluding tert-OH is 1. The van der Waals surface area contributed by atoms with Gasteiger partial charge in [0.15, 0.2) is 0 Å².